The summed E-state index contributed by atoms with van der Waals surface area (Å²) in [4.78, 5) is 25.8. The topological polar surface area (TPSA) is 104 Å². The Morgan fingerprint density at radius 2 is 2.17 bits per heavy atom. The van der Waals surface area contributed by atoms with Crippen molar-refractivity contribution in [2.75, 3.05) is 6.54 Å². The summed E-state index contributed by atoms with van der Waals surface area (Å²) in [6.07, 6.45) is 2.28. The Kier molecular flexibility index (Phi) is 3.96. The van der Waals surface area contributed by atoms with Gasteiger partial charge in [-0.3, -0.25) is 14.6 Å². The van der Waals surface area contributed by atoms with E-state index in [1.54, 1.807) is 22.6 Å². The molecule has 0 unspecified atom stereocenters. The third-order valence-electron chi connectivity index (χ3n) is 4.32. The van der Waals surface area contributed by atoms with Gasteiger partial charge in [-0.1, -0.05) is 6.08 Å². The Bertz CT molecular complexity index is 833. The first-order valence-corrected chi connectivity index (χ1v) is 7.67. The van der Waals surface area contributed by atoms with E-state index in [0.717, 1.165) is 11.4 Å². The number of carbonyl (C=O) groups excluding carboxylic acids is 1. The molecular formula is C16H19N5O3. The summed E-state index contributed by atoms with van der Waals surface area (Å²) >= 11 is 0. The number of rotatable bonds is 4. The molecule has 3 heterocycles. The number of aromatic carboxylic acids is 1. The minimum Gasteiger partial charge on any atom is -0.476 e. The number of aromatic amines is 1. The average Bonchev–Trinajstić information content (AvgIpc) is 3.08. The summed E-state index contributed by atoms with van der Waals surface area (Å²) in [5.74, 6) is -1.23. The molecule has 0 radical (unpaired) electrons. The monoisotopic (exact) mass is 329 g/mol. The van der Waals surface area contributed by atoms with Gasteiger partial charge >= 0.3 is 5.97 Å². The van der Waals surface area contributed by atoms with Gasteiger partial charge in [-0.15, -0.1) is 6.58 Å². The van der Waals surface area contributed by atoms with Crippen LogP contribution < -0.4 is 0 Å². The molecule has 2 N–H and O–H groups in total. The van der Waals surface area contributed by atoms with Gasteiger partial charge < -0.3 is 10.0 Å². The van der Waals surface area contributed by atoms with Crippen LogP contribution in [0.1, 0.15) is 43.5 Å². The smallest absolute Gasteiger partial charge is 0.356 e. The predicted molar refractivity (Wildman–Crippen MR) is 85.9 cm³/mol. The fraction of sp³-hybridized carbons (Fsp3) is 0.375. The molecule has 1 aliphatic rings. The Morgan fingerprint density at radius 3 is 2.83 bits per heavy atom. The van der Waals surface area contributed by atoms with E-state index >= 15 is 0 Å². The lowest BCUT2D eigenvalue weighted by Crippen LogP contribution is -2.36. The summed E-state index contributed by atoms with van der Waals surface area (Å²) in [6.45, 7) is 8.63. The van der Waals surface area contributed by atoms with Crippen LogP contribution in [-0.4, -0.2) is 48.4 Å². The van der Waals surface area contributed by atoms with Crippen LogP contribution in [0.5, 0.6) is 0 Å². The molecular weight excluding hydrogens is 310 g/mol. The molecule has 0 spiro atoms. The highest BCUT2D eigenvalue weighted by Crippen LogP contribution is 2.24. The van der Waals surface area contributed by atoms with E-state index in [9.17, 15) is 14.7 Å². The van der Waals surface area contributed by atoms with Crippen molar-refractivity contribution in [3.63, 3.8) is 0 Å². The Labute approximate surface area is 138 Å². The molecule has 8 nitrogen and oxygen atoms in total. The van der Waals surface area contributed by atoms with Crippen molar-refractivity contribution in [2.24, 2.45) is 0 Å². The van der Waals surface area contributed by atoms with Crippen molar-refractivity contribution >= 4 is 11.9 Å². The van der Waals surface area contributed by atoms with Gasteiger partial charge in [0.2, 0.25) is 0 Å². The second kappa shape index (κ2) is 5.95. The summed E-state index contributed by atoms with van der Waals surface area (Å²) in [5, 5.41) is 20.2. The summed E-state index contributed by atoms with van der Waals surface area (Å²) in [6, 6.07) is 0. The minimum absolute atomic E-state index is 0.0155. The maximum absolute atomic E-state index is 12.9. The highest BCUT2D eigenvalue weighted by Gasteiger charge is 2.30. The Balaban J connectivity index is 1.91. The van der Waals surface area contributed by atoms with Gasteiger partial charge in [0.1, 0.15) is 0 Å². The molecule has 24 heavy (non-hydrogen) atoms. The van der Waals surface area contributed by atoms with Crippen molar-refractivity contribution < 1.29 is 14.7 Å². The maximum atomic E-state index is 12.9. The van der Waals surface area contributed by atoms with Crippen LogP contribution in [0.2, 0.25) is 0 Å². The Hall–Kier alpha value is -2.90. The number of hydrogen-bond donors (Lipinski definition) is 2. The predicted octanol–water partition coefficient (Wildman–Crippen LogP) is 1.31. The normalized spacial score (nSPS) is 13.7. The second-order valence-corrected chi connectivity index (χ2v) is 5.83. The highest BCUT2D eigenvalue weighted by atomic mass is 16.4. The zero-order valence-electron chi connectivity index (χ0n) is 13.7. The second-order valence-electron chi connectivity index (χ2n) is 5.83. The molecule has 0 aromatic carbocycles. The molecule has 126 valence electrons. The molecule has 2 aromatic rings. The molecule has 0 aliphatic carbocycles. The van der Waals surface area contributed by atoms with E-state index in [-0.39, 0.29) is 18.1 Å². The summed E-state index contributed by atoms with van der Waals surface area (Å²) < 4.78 is 1.74. The van der Waals surface area contributed by atoms with E-state index in [1.165, 1.54) is 0 Å². The molecule has 2 aromatic heterocycles. The van der Waals surface area contributed by atoms with Crippen LogP contribution in [0.25, 0.3) is 0 Å². The molecule has 3 rings (SSSR count). The quantitative estimate of drug-likeness (QED) is 0.823. The van der Waals surface area contributed by atoms with E-state index < -0.39 is 5.97 Å². The third kappa shape index (κ3) is 2.49. The van der Waals surface area contributed by atoms with Crippen molar-refractivity contribution in [3.8, 4) is 0 Å². The standard InChI is InChI=1S/C16H19N5O3/c1-4-6-21-10(3)13(9(2)19-21)15(22)20-7-5-12-11(8-20)14(16(23)24)18-17-12/h4H,1,5-8H2,2-3H3,(H,17,18)(H,23,24). The number of carboxylic acid groups (broad SMARTS) is 1. The van der Waals surface area contributed by atoms with Gasteiger partial charge in [-0.25, -0.2) is 4.79 Å². The van der Waals surface area contributed by atoms with E-state index in [4.69, 9.17) is 0 Å². The first-order chi connectivity index (χ1) is 11.4. The summed E-state index contributed by atoms with van der Waals surface area (Å²) in [7, 11) is 0. The number of amides is 1. The lowest BCUT2D eigenvalue weighted by Gasteiger charge is -2.27. The van der Waals surface area contributed by atoms with Crippen molar-refractivity contribution in [3.05, 3.63) is 46.6 Å². The van der Waals surface area contributed by atoms with Crippen LogP contribution in [0.15, 0.2) is 12.7 Å². The Morgan fingerprint density at radius 1 is 1.42 bits per heavy atom. The fourth-order valence-corrected chi connectivity index (χ4v) is 3.11. The lowest BCUT2D eigenvalue weighted by atomic mass is 10.0. The van der Waals surface area contributed by atoms with E-state index in [1.807, 2.05) is 6.92 Å². The van der Waals surface area contributed by atoms with Gasteiger partial charge in [0.05, 0.1) is 24.3 Å². The van der Waals surface area contributed by atoms with Crippen molar-refractivity contribution in [2.45, 2.75) is 33.4 Å². The molecule has 1 amide bonds. The van der Waals surface area contributed by atoms with Gasteiger partial charge in [0.25, 0.3) is 5.91 Å². The highest BCUT2D eigenvalue weighted by molar-refractivity contribution is 5.97. The van der Waals surface area contributed by atoms with Crippen LogP contribution in [0.4, 0.5) is 0 Å². The van der Waals surface area contributed by atoms with Crippen LogP contribution in [-0.2, 0) is 19.5 Å². The largest absolute Gasteiger partial charge is 0.476 e. The first kappa shape index (κ1) is 16.0. The number of allylic oxidation sites excluding steroid dienone is 1. The maximum Gasteiger partial charge on any atom is 0.356 e. The van der Waals surface area contributed by atoms with Crippen LogP contribution >= 0.6 is 0 Å². The number of aryl methyl sites for hydroxylation is 1. The number of carbonyl (C=O) groups is 2. The third-order valence-corrected chi connectivity index (χ3v) is 4.32. The number of nitrogens with one attached hydrogen (secondary N) is 1. The number of fused-ring (bicyclic) bond motifs is 1. The van der Waals surface area contributed by atoms with Crippen LogP contribution in [0, 0.1) is 13.8 Å². The fourth-order valence-electron chi connectivity index (χ4n) is 3.11. The number of carboxylic acids is 1. The van der Waals surface area contributed by atoms with E-state index in [2.05, 4.69) is 21.9 Å². The van der Waals surface area contributed by atoms with Gasteiger partial charge in [-0.05, 0) is 13.8 Å². The van der Waals surface area contributed by atoms with Crippen molar-refractivity contribution in [1.82, 2.24) is 24.9 Å². The zero-order valence-corrected chi connectivity index (χ0v) is 13.7. The number of H-pyrrole nitrogens is 1. The lowest BCUT2D eigenvalue weighted by molar-refractivity contribution is 0.0674. The molecule has 0 saturated heterocycles. The van der Waals surface area contributed by atoms with Gasteiger partial charge in [0.15, 0.2) is 5.69 Å². The number of hydrogen-bond acceptors (Lipinski definition) is 4. The number of aromatic nitrogens is 4. The summed E-state index contributed by atoms with van der Waals surface area (Å²) in [5.41, 5.74) is 3.37. The zero-order chi connectivity index (χ0) is 17.4. The van der Waals surface area contributed by atoms with Gasteiger partial charge in [0, 0.05) is 29.9 Å². The average molecular weight is 329 g/mol. The van der Waals surface area contributed by atoms with Crippen LogP contribution in [0.3, 0.4) is 0 Å². The molecule has 0 bridgehead atoms. The van der Waals surface area contributed by atoms with E-state index in [0.29, 0.717) is 36.3 Å². The molecule has 1 aliphatic heterocycles. The van der Waals surface area contributed by atoms with Crippen molar-refractivity contribution in [1.29, 1.82) is 0 Å². The minimum atomic E-state index is -1.09. The molecule has 8 heteroatoms. The molecule has 0 saturated carbocycles. The SMILES string of the molecule is C=CCn1nc(C)c(C(=O)N2CCc3[nH]nc(C(=O)O)c3C2)c1C. The number of nitrogens with zero attached hydrogens (tertiary/aromatic N) is 4. The molecule has 0 fully saturated rings. The van der Waals surface area contributed by atoms with Gasteiger partial charge in [-0.2, -0.15) is 10.2 Å². The first-order valence-electron chi connectivity index (χ1n) is 7.67. The molecule has 0 atom stereocenters.